The fourth-order valence-corrected chi connectivity index (χ4v) is 1.32. The summed E-state index contributed by atoms with van der Waals surface area (Å²) >= 11 is 0. The molecule has 1 amide bonds. The smallest absolute Gasteiger partial charge is 0.248 e. The minimum Gasteiger partial charge on any atom is -0.385 e. The summed E-state index contributed by atoms with van der Waals surface area (Å²) in [4.78, 5) is 10.9. The average Bonchev–Trinajstić information content (AvgIpc) is 2.14. The summed E-state index contributed by atoms with van der Waals surface area (Å²) in [6, 6.07) is 5.58. The van der Waals surface area contributed by atoms with E-state index in [9.17, 15) is 4.79 Å². The highest BCUT2D eigenvalue weighted by Gasteiger charge is 2.04. The Bertz CT molecular complexity index is 334. The Morgan fingerprint density at radius 2 is 2.21 bits per heavy atom. The van der Waals surface area contributed by atoms with Crippen molar-refractivity contribution in [3.05, 3.63) is 29.3 Å². The summed E-state index contributed by atoms with van der Waals surface area (Å²) in [6.45, 7) is 4.93. The van der Waals surface area contributed by atoms with Crippen molar-refractivity contribution >= 4 is 11.6 Å². The van der Waals surface area contributed by atoms with Crippen LogP contribution in [0, 0.1) is 6.92 Å². The van der Waals surface area contributed by atoms with Crippen molar-refractivity contribution in [2.24, 2.45) is 5.73 Å². The van der Waals surface area contributed by atoms with Gasteiger partial charge in [-0.2, -0.15) is 0 Å². The van der Waals surface area contributed by atoms with Crippen LogP contribution in [0.4, 0.5) is 5.69 Å². The molecule has 0 aliphatic heterocycles. The predicted molar refractivity (Wildman–Crippen MR) is 58.5 cm³/mol. The lowest BCUT2D eigenvalue weighted by molar-refractivity contribution is 0.1000. The van der Waals surface area contributed by atoms with Crippen molar-refractivity contribution in [3.63, 3.8) is 0 Å². The SMILES string of the molecule is CCCNc1ccc(C(N)=O)c(C)c1. The van der Waals surface area contributed by atoms with Crippen molar-refractivity contribution in [3.8, 4) is 0 Å². The lowest BCUT2D eigenvalue weighted by Crippen LogP contribution is -2.12. The van der Waals surface area contributed by atoms with Crippen LogP contribution in [-0.4, -0.2) is 12.5 Å². The summed E-state index contributed by atoms with van der Waals surface area (Å²) in [7, 11) is 0. The number of carbonyl (C=O) groups is 1. The maximum atomic E-state index is 10.9. The van der Waals surface area contributed by atoms with E-state index in [2.05, 4.69) is 12.2 Å². The summed E-state index contributed by atoms with van der Waals surface area (Å²) in [6.07, 6.45) is 1.08. The first-order chi connectivity index (χ1) is 6.65. The number of amides is 1. The zero-order valence-corrected chi connectivity index (χ0v) is 8.63. The van der Waals surface area contributed by atoms with Gasteiger partial charge in [-0.1, -0.05) is 6.92 Å². The second kappa shape index (κ2) is 4.65. The quantitative estimate of drug-likeness (QED) is 0.765. The molecule has 0 radical (unpaired) electrons. The Hall–Kier alpha value is -1.51. The first-order valence-electron chi connectivity index (χ1n) is 4.79. The Kier molecular flexibility index (Phi) is 3.51. The second-order valence-corrected chi connectivity index (χ2v) is 3.32. The molecule has 0 spiro atoms. The van der Waals surface area contributed by atoms with Crippen LogP contribution < -0.4 is 11.1 Å². The van der Waals surface area contributed by atoms with Crippen LogP contribution in [0.25, 0.3) is 0 Å². The molecule has 3 nitrogen and oxygen atoms in total. The Balaban J connectivity index is 2.83. The fraction of sp³-hybridized carbons (Fsp3) is 0.364. The Morgan fingerprint density at radius 1 is 1.50 bits per heavy atom. The number of carbonyl (C=O) groups excluding carboxylic acids is 1. The van der Waals surface area contributed by atoms with E-state index in [1.807, 2.05) is 19.1 Å². The molecular formula is C11H16N2O. The van der Waals surface area contributed by atoms with Crippen LogP contribution in [-0.2, 0) is 0 Å². The van der Waals surface area contributed by atoms with E-state index < -0.39 is 0 Å². The largest absolute Gasteiger partial charge is 0.385 e. The summed E-state index contributed by atoms with van der Waals surface area (Å²) in [5.41, 5.74) is 7.75. The first-order valence-corrected chi connectivity index (χ1v) is 4.79. The molecule has 0 fully saturated rings. The summed E-state index contributed by atoms with van der Waals surface area (Å²) in [5, 5.41) is 3.25. The van der Waals surface area contributed by atoms with Crippen molar-refractivity contribution in [2.45, 2.75) is 20.3 Å². The molecule has 1 aromatic carbocycles. The van der Waals surface area contributed by atoms with Gasteiger partial charge in [0.05, 0.1) is 0 Å². The Labute approximate surface area is 84.3 Å². The molecular weight excluding hydrogens is 176 g/mol. The van der Waals surface area contributed by atoms with Gasteiger partial charge in [-0.15, -0.1) is 0 Å². The van der Waals surface area contributed by atoms with E-state index in [1.54, 1.807) is 6.07 Å². The normalized spacial score (nSPS) is 9.86. The third kappa shape index (κ3) is 2.49. The number of nitrogens with one attached hydrogen (secondary N) is 1. The standard InChI is InChI=1S/C11H16N2O/c1-3-6-13-9-4-5-10(11(12)14)8(2)7-9/h4-5,7,13H,3,6H2,1-2H3,(H2,12,14). The monoisotopic (exact) mass is 192 g/mol. The molecule has 0 aromatic heterocycles. The van der Waals surface area contributed by atoms with Gasteiger partial charge in [-0.05, 0) is 37.1 Å². The Morgan fingerprint density at radius 3 is 2.71 bits per heavy atom. The number of anilines is 1. The minimum atomic E-state index is -0.371. The molecule has 76 valence electrons. The lowest BCUT2D eigenvalue weighted by atomic mass is 10.1. The number of nitrogens with two attached hydrogens (primary N) is 1. The molecule has 0 aliphatic carbocycles. The highest BCUT2D eigenvalue weighted by atomic mass is 16.1. The van der Waals surface area contributed by atoms with E-state index in [0.29, 0.717) is 5.56 Å². The summed E-state index contributed by atoms with van der Waals surface area (Å²) < 4.78 is 0. The van der Waals surface area contributed by atoms with Crippen molar-refractivity contribution in [2.75, 3.05) is 11.9 Å². The van der Waals surface area contributed by atoms with Crippen LogP contribution in [0.5, 0.6) is 0 Å². The molecule has 0 bridgehead atoms. The zero-order chi connectivity index (χ0) is 10.6. The van der Waals surface area contributed by atoms with Crippen LogP contribution in [0.1, 0.15) is 29.3 Å². The first kappa shape index (κ1) is 10.6. The molecule has 0 atom stereocenters. The molecule has 14 heavy (non-hydrogen) atoms. The van der Waals surface area contributed by atoms with Crippen molar-refractivity contribution < 1.29 is 4.79 Å². The minimum absolute atomic E-state index is 0.371. The number of aryl methyl sites for hydroxylation is 1. The van der Waals surface area contributed by atoms with Gasteiger partial charge in [0.25, 0.3) is 0 Å². The highest BCUT2D eigenvalue weighted by molar-refractivity contribution is 5.94. The van der Waals surface area contributed by atoms with Crippen LogP contribution in [0.2, 0.25) is 0 Å². The van der Waals surface area contributed by atoms with Gasteiger partial charge >= 0.3 is 0 Å². The molecule has 0 unspecified atom stereocenters. The average molecular weight is 192 g/mol. The third-order valence-electron chi connectivity index (χ3n) is 2.07. The van der Waals surface area contributed by atoms with Crippen molar-refractivity contribution in [1.29, 1.82) is 0 Å². The predicted octanol–water partition coefficient (Wildman–Crippen LogP) is 1.92. The zero-order valence-electron chi connectivity index (χ0n) is 8.63. The van der Waals surface area contributed by atoms with Gasteiger partial charge in [-0.25, -0.2) is 0 Å². The van der Waals surface area contributed by atoms with E-state index >= 15 is 0 Å². The van der Waals surface area contributed by atoms with Gasteiger partial charge in [0, 0.05) is 17.8 Å². The summed E-state index contributed by atoms with van der Waals surface area (Å²) in [5.74, 6) is -0.371. The number of rotatable bonds is 4. The van der Waals surface area contributed by atoms with Crippen LogP contribution in [0.3, 0.4) is 0 Å². The molecule has 0 saturated heterocycles. The number of hydrogen-bond acceptors (Lipinski definition) is 2. The van der Waals surface area contributed by atoms with Crippen molar-refractivity contribution in [1.82, 2.24) is 0 Å². The third-order valence-corrected chi connectivity index (χ3v) is 2.07. The molecule has 0 aliphatic rings. The van der Waals surface area contributed by atoms with E-state index in [0.717, 1.165) is 24.2 Å². The topological polar surface area (TPSA) is 55.1 Å². The molecule has 1 rings (SSSR count). The maximum Gasteiger partial charge on any atom is 0.248 e. The van der Waals surface area contributed by atoms with Gasteiger partial charge in [0.1, 0.15) is 0 Å². The van der Waals surface area contributed by atoms with Gasteiger partial charge in [0.15, 0.2) is 0 Å². The molecule has 0 saturated carbocycles. The van der Waals surface area contributed by atoms with Gasteiger partial charge in [0.2, 0.25) is 5.91 Å². The number of primary amides is 1. The molecule has 1 aromatic rings. The lowest BCUT2D eigenvalue weighted by Gasteiger charge is -2.07. The van der Waals surface area contributed by atoms with Gasteiger partial charge < -0.3 is 11.1 Å². The molecule has 3 heteroatoms. The molecule has 0 heterocycles. The van der Waals surface area contributed by atoms with E-state index in [-0.39, 0.29) is 5.91 Å². The van der Waals surface area contributed by atoms with E-state index in [1.165, 1.54) is 0 Å². The number of hydrogen-bond donors (Lipinski definition) is 2. The molecule has 3 N–H and O–H groups in total. The maximum absolute atomic E-state index is 10.9. The van der Waals surface area contributed by atoms with E-state index in [4.69, 9.17) is 5.73 Å². The van der Waals surface area contributed by atoms with Crippen LogP contribution >= 0.6 is 0 Å². The number of benzene rings is 1. The van der Waals surface area contributed by atoms with Crippen LogP contribution in [0.15, 0.2) is 18.2 Å². The highest BCUT2D eigenvalue weighted by Crippen LogP contribution is 2.14. The van der Waals surface area contributed by atoms with Gasteiger partial charge in [-0.3, -0.25) is 4.79 Å². The second-order valence-electron chi connectivity index (χ2n) is 3.32. The fourth-order valence-electron chi connectivity index (χ4n) is 1.32.